The van der Waals surface area contributed by atoms with E-state index in [2.05, 4.69) is 24.4 Å². The van der Waals surface area contributed by atoms with E-state index in [0.717, 1.165) is 11.1 Å². The molecule has 0 unspecified atom stereocenters. The van der Waals surface area contributed by atoms with Crippen molar-refractivity contribution in [3.05, 3.63) is 29.3 Å². The van der Waals surface area contributed by atoms with E-state index in [1.807, 2.05) is 25.1 Å². The second-order valence-corrected chi connectivity index (χ2v) is 5.85. The number of nitrogens with zero attached hydrogens (tertiary/aromatic N) is 1. The Morgan fingerprint density at radius 3 is 2.62 bits per heavy atom. The lowest BCUT2D eigenvalue weighted by Crippen LogP contribution is -2.26. The van der Waals surface area contributed by atoms with Crippen LogP contribution >= 0.6 is 0 Å². The summed E-state index contributed by atoms with van der Waals surface area (Å²) >= 11 is 0. The summed E-state index contributed by atoms with van der Waals surface area (Å²) in [4.78, 5) is 23.1. The molecule has 0 aliphatic rings. The molecule has 0 aliphatic carbocycles. The zero-order chi connectivity index (χ0) is 18.1. The lowest BCUT2D eigenvalue weighted by atomic mass is 10.0. The zero-order valence-electron chi connectivity index (χ0n) is 15.0. The number of hydrogen-bond acceptors (Lipinski definition) is 5. The van der Waals surface area contributed by atoms with Crippen molar-refractivity contribution in [1.29, 1.82) is 0 Å². The van der Waals surface area contributed by atoms with Gasteiger partial charge in [-0.25, -0.2) is 5.43 Å². The molecule has 0 bridgehead atoms. The highest BCUT2D eigenvalue weighted by molar-refractivity contribution is 5.98. The topological polar surface area (TPSA) is 77.0 Å². The van der Waals surface area contributed by atoms with Gasteiger partial charge in [0.1, 0.15) is 5.75 Å². The van der Waals surface area contributed by atoms with Crippen LogP contribution in [0.5, 0.6) is 5.75 Å². The number of carbonyl (C=O) groups is 2. The Bertz CT molecular complexity index is 609. The molecule has 0 saturated heterocycles. The van der Waals surface area contributed by atoms with Crippen LogP contribution in [0.2, 0.25) is 0 Å². The van der Waals surface area contributed by atoms with Crippen LogP contribution in [0.4, 0.5) is 0 Å². The number of amides is 1. The number of carbonyl (C=O) groups excluding carboxylic acids is 2. The number of hydrogen-bond donors (Lipinski definition) is 1. The van der Waals surface area contributed by atoms with Gasteiger partial charge in [0.2, 0.25) is 0 Å². The molecular weight excluding hydrogens is 308 g/mol. The lowest BCUT2D eigenvalue weighted by molar-refractivity contribution is -0.141. The molecular formula is C18H26N2O4. The van der Waals surface area contributed by atoms with Gasteiger partial charge >= 0.3 is 5.97 Å². The van der Waals surface area contributed by atoms with Crippen molar-refractivity contribution >= 4 is 17.6 Å². The van der Waals surface area contributed by atoms with E-state index >= 15 is 0 Å². The number of ether oxygens (including phenoxy) is 2. The number of aryl methyl sites for hydroxylation is 1. The van der Waals surface area contributed by atoms with Gasteiger partial charge < -0.3 is 9.47 Å². The van der Waals surface area contributed by atoms with Crippen LogP contribution in [0, 0.1) is 6.92 Å². The van der Waals surface area contributed by atoms with Crippen molar-refractivity contribution in [3.8, 4) is 5.75 Å². The third-order valence-electron chi connectivity index (χ3n) is 3.23. The first-order valence-electron chi connectivity index (χ1n) is 8.04. The fourth-order valence-electron chi connectivity index (χ4n) is 2.04. The number of hydrazone groups is 1. The van der Waals surface area contributed by atoms with Crippen LogP contribution in [0.25, 0.3) is 0 Å². The summed E-state index contributed by atoms with van der Waals surface area (Å²) in [6, 6.07) is 5.94. The summed E-state index contributed by atoms with van der Waals surface area (Å²) in [5.74, 6) is 0.251. The van der Waals surface area contributed by atoms with E-state index < -0.39 is 0 Å². The summed E-state index contributed by atoms with van der Waals surface area (Å²) < 4.78 is 10.4. The molecule has 0 saturated carbocycles. The molecule has 132 valence electrons. The number of esters is 1. The second-order valence-electron chi connectivity index (χ2n) is 5.85. The average molecular weight is 334 g/mol. The predicted octanol–water partition coefficient (Wildman–Crippen LogP) is 2.94. The van der Waals surface area contributed by atoms with Gasteiger partial charge in [0.15, 0.2) is 6.61 Å². The second kappa shape index (κ2) is 9.70. The highest BCUT2D eigenvalue weighted by Crippen LogP contribution is 2.27. The van der Waals surface area contributed by atoms with Gasteiger partial charge in [-0.3, -0.25) is 9.59 Å². The molecule has 0 radical (unpaired) electrons. The van der Waals surface area contributed by atoms with Crippen LogP contribution in [0.3, 0.4) is 0 Å². The molecule has 6 nitrogen and oxygen atoms in total. The summed E-state index contributed by atoms with van der Waals surface area (Å²) in [6.07, 6.45) is 0.0460. The molecule has 0 fully saturated rings. The maximum atomic E-state index is 11.8. The molecule has 0 aromatic heterocycles. The number of nitrogens with one attached hydrogen (secondary N) is 1. The van der Waals surface area contributed by atoms with Gasteiger partial charge in [0.05, 0.1) is 13.0 Å². The van der Waals surface area contributed by atoms with E-state index in [9.17, 15) is 9.59 Å². The van der Waals surface area contributed by atoms with E-state index in [0.29, 0.717) is 24.0 Å². The normalized spacial score (nSPS) is 11.3. The van der Waals surface area contributed by atoms with Gasteiger partial charge in [-0.1, -0.05) is 26.0 Å². The average Bonchev–Trinajstić information content (AvgIpc) is 2.50. The molecule has 1 N–H and O–H groups in total. The Labute approximate surface area is 143 Å². The fourth-order valence-corrected chi connectivity index (χ4v) is 2.04. The SMILES string of the molecule is CCOC(=O)CC(C)=NNC(=O)COc1cc(C)ccc1C(C)C. The first-order chi connectivity index (χ1) is 11.3. The van der Waals surface area contributed by atoms with Crippen molar-refractivity contribution in [1.82, 2.24) is 5.43 Å². The van der Waals surface area contributed by atoms with Crippen molar-refractivity contribution in [2.45, 2.75) is 47.0 Å². The van der Waals surface area contributed by atoms with Crippen molar-refractivity contribution < 1.29 is 19.1 Å². The van der Waals surface area contributed by atoms with Crippen molar-refractivity contribution in [2.24, 2.45) is 5.10 Å². The molecule has 0 atom stereocenters. The lowest BCUT2D eigenvalue weighted by Gasteiger charge is -2.14. The van der Waals surface area contributed by atoms with Gasteiger partial charge in [-0.2, -0.15) is 5.10 Å². The zero-order valence-corrected chi connectivity index (χ0v) is 15.0. The van der Waals surface area contributed by atoms with Gasteiger partial charge in [0.25, 0.3) is 5.91 Å². The van der Waals surface area contributed by atoms with Crippen LogP contribution in [0.15, 0.2) is 23.3 Å². The Balaban J connectivity index is 2.55. The molecule has 0 heterocycles. The maximum absolute atomic E-state index is 11.8. The monoisotopic (exact) mass is 334 g/mol. The highest BCUT2D eigenvalue weighted by atomic mass is 16.5. The Hall–Kier alpha value is -2.37. The van der Waals surface area contributed by atoms with Gasteiger partial charge in [-0.15, -0.1) is 0 Å². The van der Waals surface area contributed by atoms with E-state index in [1.165, 1.54) is 0 Å². The summed E-state index contributed by atoms with van der Waals surface area (Å²) in [5, 5.41) is 3.87. The molecule has 1 amide bonds. The van der Waals surface area contributed by atoms with Gasteiger partial charge in [0, 0.05) is 5.71 Å². The van der Waals surface area contributed by atoms with Gasteiger partial charge in [-0.05, 0) is 43.9 Å². The largest absolute Gasteiger partial charge is 0.483 e. The van der Waals surface area contributed by atoms with Crippen LogP contribution in [-0.4, -0.2) is 30.8 Å². The molecule has 1 aromatic carbocycles. The van der Waals surface area contributed by atoms with Crippen LogP contribution in [-0.2, 0) is 14.3 Å². The summed E-state index contributed by atoms with van der Waals surface area (Å²) in [6.45, 7) is 9.68. The quantitative estimate of drug-likeness (QED) is 0.450. The van der Waals surface area contributed by atoms with Crippen LogP contribution < -0.4 is 10.2 Å². The van der Waals surface area contributed by atoms with Crippen molar-refractivity contribution in [2.75, 3.05) is 13.2 Å². The first kappa shape index (κ1) is 19.7. The Morgan fingerprint density at radius 1 is 1.29 bits per heavy atom. The van der Waals surface area contributed by atoms with E-state index in [-0.39, 0.29) is 24.9 Å². The minimum Gasteiger partial charge on any atom is -0.483 e. The third-order valence-corrected chi connectivity index (χ3v) is 3.23. The Kier molecular flexibility index (Phi) is 7.95. The van der Waals surface area contributed by atoms with Crippen LogP contribution in [0.1, 0.15) is 51.2 Å². The summed E-state index contributed by atoms with van der Waals surface area (Å²) in [7, 11) is 0. The molecule has 24 heavy (non-hydrogen) atoms. The molecule has 1 rings (SSSR count). The first-order valence-corrected chi connectivity index (χ1v) is 8.04. The highest BCUT2D eigenvalue weighted by Gasteiger charge is 2.10. The molecule has 0 aliphatic heterocycles. The Morgan fingerprint density at radius 2 is 2.00 bits per heavy atom. The predicted molar refractivity (Wildman–Crippen MR) is 93.3 cm³/mol. The van der Waals surface area contributed by atoms with E-state index in [4.69, 9.17) is 9.47 Å². The maximum Gasteiger partial charge on any atom is 0.311 e. The van der Waals surface area contributed by atoms with Crippen molar-refractivity contribution in [3.63, 3.8) is 0 Å². The fraction of sp³-hybridized carbons (Fsp3) is 0.500. The number of rotatable bonds is 8. The smallest absolute Gasteiger partial charge is 0.311 e. The number of benzene rings is 1. The minimum atomic E-state index is -0.380. The summed E-state index contributed by atoms with van der Waals surface area (Å²) in [5.41, 5.74) is 4.97. The van der Waals surface area contributed by atoms with E-state index in [1.54, 1.807) is 13.8 Å². The molecule has 1 aromatic rings. The molecule has 6 heteroatoms. The minimum absolute atomic E-state index is 0.0460. The molecule has 0 spiro atoms. The third kappa shape index (κ3) is 6.81. The standard InChI is InChI=1S/C18H26N2O4/c1-6-23-18(22)10-14(5)19-20-17(21)11-24-16-9-13(4)7-8-15(16)12(2)3/h7-9,12H,6,10-11H2,1-5H3,(H,20,21).